The van der Waals surface area contributed by atoms with E-state index in [4.69, 9.17) is 9.97 Å². The van der Waals surface area contributed by atoms with E-state index in [1.54, 1.807) is 0 Å². The van der Waals surface area contributed by atoms with Gasteiger partial charge in [-0.15, -0.1) is 11.3 Å². The highest BCUT2D eigenvalue weighted by atomic mass is 32.1. The van der Waals surface area contributed by atoms with Crippen LogP contribution in [0.2, 0.25) is 0 Å². The molecule has 0 amide bonds. The first kappa shape index (κ1) is 32.5. The fourth-order valence-corrected chi connectivity index (χ4v) is 9.97. The Hall–Kier alpha value is -6.94. The van der Waals surface area contributed by atoms with E-state index in [2.05, 4.69) is 206 Å². The molecule has 0 aliphatic heterocycles. The third-order valence-electron chi connectivity index (χ3n) is 11.4. The van der Waals surface area contributed by atoms with Gasteiger partial charge < -0.3 is 0 Å². The van der Waals surface area contributed by atoms with Crippen molar-refractivity contribution < 1.29 is 0 Å². The van der Waals surface area contributed by atoms with Crippen molar-refractivity contribution in [2.75, 3.05) is 0 Å². The number of rotatable bonds is 6. The number of benzene rings is 8. The van der Waals surface area contributed by atoms with Crippen molar-refractivity contribution in [1.29, 1.82) is 0 Å². The maximum Gasteiger partial charge on any atom is 0.161 e. The van der Waals surface area contributed by atoms with Crippen LogP contribution in [0, 0.1) is 0 Å². The molecule has 0 atom stereocenters. The van der Waals surface area contributed by atoms with E-state index in [-0.39, 0.29) is 0 Å². The number of aromatic nitrogens is 2. The second-order valence-electron chi connectivity index (χ2n) is 14.5. The van der Waals surface area contributed by atoms with Crippen LogP contribution in [0.15, 0.2) is 206 Å². The van der Waals surface area contributed by atoms with Crippen LogP contribution in [-0.4, -0.2) is 9.97 Å². The molecule has 2 nitrogen and oxygen atoms in total. The summed E-state index contributed by atoms with van der Waals surface area (Å²) in [6.07, 6.45) is 0. The summed E-state index contributed by atoms with van der Waals surface area (Å²) in [5, 5.41) is 2.55. The summed E-state index contributed by atoms with van der Waals surface area (Å²) >= 11 is 1.85. The predicted octanol–water partition coefficient (Wildman–Crippen LogP) is 13.9. The van der Waals surface area contributed by atoms with E-state index in [9.17, 15) is 0 Å². The van der Waals surface area contributed by atoms with Crippen LogP contribution in [0.1, 0.15) is 22.3 Å². The van der Waals surface area contributed by atoms with Crippen molar-refractivity contribution in [2.24, 2.45) is 0 Å². The standard InChI is InChI=1S/C53H34N2S/c1-5-17-35(18-6-1)48-34-49(36-19-7-2-8-20-36)55-52(54-48)45-33-47-43(32-42(45)37-29-30-51-44(31-37)41-26-14-16-28-50(41)56-51)40-25-13-15-27-46(40)53(47,38-21-9-3-10-22-38)39-23-11-4-12-24-39/h1-34H. The van der Waals surface area contributed by atoms with Crippen LogP contribution in [0.4, 0.5) is 0 Å². The van der Waals surface area contributed by atoms with Crippen molar-refractivity contribution >= 4 is 31.5 Å². The molecule has 0 saturated heterocycles. The van der Waals surface area contributed by atoms with E-state index in [1.807, 2.05) is 11.3 Å². The molecule has 1 aliphatic rings. The van der Waals surface area contributed by atoms with Crippen molar-refractivity contribution in [3.8, 4) is 56.2 Å². The number of hydrogen-bond acceptors (Lipinski definition) is 3. The second-order valence-corrected chi connectivity index (χ2v) is 15.6. The minimum atomic E-state index is -0.561. The lowest BCUT2D eigenvalue weighted by atomic mass is 9.67. The van der Waals surface area contributed by atoms with Gasteiger partial charge in [-0.1, -0.05) is 170 Å². The topological polar surface area (TPSA) is 25.8 Å². The Labute approximate surface area is 330 Å². The Balaban J connectivity index is 1.27. The van der Waals surface area contributed by atoms with Gasteiger partial charge >= 0.3 is 0 Å². The molecule has 8 aromatic carbocycles. The molecule has 1 aliphatic carbocycles. The van der Waals surface area contributed by atoms with Gasteiger partial charge in [0, 0.05) is 36.9 Å². The van der Waals surface area contributed by atoms with Crippen molar-refractivity contribution in [3.05, 3.63) is 229 Å². The fourth-order valence-electron chi connectivity index (χ4n) is 8.89. The Bertz CT molecular complexity index is 2960. The van der Waals surface area contributed by atoms with Crippen LogP contribution >= 0.6 is 11.3 Å². The van der Waals surface area contributed by atoms with Crippen LogP contribution in [0.5, 0.6) is 0 Å². The van der Waals surface area contributed by atoms with Crippen LogP contribution in [0.25, 0.3) is 76.3 Å². The number of fused-ring (bicyclic) bond motifs is 6. The molecule has 2 heterocycles. The van der Waals surface area contributed by atoms with Crippen molar-refractivity contribution in [2.45, 2.75) is 5.41 Å². The normalized spacial score (nSPS) is 12.8. The molecule has 0 fully saturated rings. The summed E-state index contributed by atoms with van der Waals surface area (Å²) in [5.74, 6) is 0.698. The first-order chi connectivity index (χ1) is 27.8. The van der Waals surface area contributed by atoms with Crippen molar-refractivity contribution in [1.82, 2.24) is 9.97 Å². The molecular formula is C53H34N2S. The monoisotopic (exact) mass is 730 g/mol. The molecule has 0 unspecified atom stereocenters. The van der Waals surface area contributed by atoms with Gasteiger partial charge in [0.1, 0.15) is 0 Å². The second kappa shape index (κ2) is 13.1. The summed E-state index contributed by atoms with van der Waals surface area (Å²) in [6.45, 7) is 0. The van der Waals surface area contributed by atoms with E-state index in [0.717, 1.165) is 39.2 Å². The van der Waals surface area contributed by atoms with E-state index in [1.165, 1.54) is 53.6 Å². The summed E-state index contributed by atoms with van der Waals surface area (Å²) in [6, 6.07) is 74.5. The van der Waals surface area contributed by atoms with Gasteiger partial charge in [-0.3, -0.25) is 0 Å². The summed E-state index contributed by atoms with van der Waals surface area (Å²) < 4.78 is 2.58. The quantitative estimate of drug-likeness (QED) is 0.170. The van der Waals surface area contributed by atoms with Gasteiger partial charge in [-0.05, 0) is 80.9 Å². The molecule has 10 aromatic rings. The fraction of sp³-hybridized carbons (Fsp3) is 0.0189. The number of nitrogens with zero attached hydrogens (tertiary/aromatic N) is 2. The zero-order valence-electron chi connectivity index (χ0n) is 30.4. The van der Waals surface area contributed by atoms with E-state index >= 15 is 0 Å². The maximum absolute atomic E-state index is 5.45. The molecular weight excluding hydrogens is 697 g/mol. The maximum atomic E-state index is 5.45. The molecule has 2 aromatic heterocycles. The van der Waals surface area contributed by atoms with E-state index in [0.29, 0.717) is 5.82 Å². The Morgan fingerprint density at radius 1 is 0.339 bits per heavy atom. The highest BCUT2D eigenvalue weighted by Gasteiger charge is 2.46. The average molecular weight is 731 g/mol. The molecule has 0 spiro atoms. The summed E-state index contributed by atoms with van der Waals surface area (Å²) in [4.78, 5) is 10.9. The Morgan fingerprint density at radius 2 is 0.893 bits per heavy atom. The van der Waals surface area contributed by atoms with Gasteiger partial charge in [-0.2, -0.15) is 0 Å². The van der Waals surface area contributed by atoms with Crippen LogP contribution < -0.4 is 0 Å². The SMILES string of the molecule is c1ccc(-c2cc(-c3ccccc3)nc(-c3cc4c(cc3-c3ccc5sc6ccccc6c5c3)-c3ccccc3C4(c3ccccc3)c3ccccc3)n2)cc1. The van der Waals surface area contributed by atoms with Gasteiger partial charge in [0.25, 0.3) is 0 Å². The highest BCUT2D eigenvalue weighted by molar-refractivity contribution is 7.25. The smallest absolute Gasteiger partial charge is 0.161 e. The molecule has 0 bridgehead atoms. The number of hydrogen-bond donors (Lipinski definition) is 0. The minimum absolute atomic E-state index is 0.561. The molecule has 11 rings (SSSR count). The third kappa shape index (κ3) is 5.09. The first-order valence-electron chi connectivity index (χ1n) is 19.1. The van der Waals surface area contributed by atoms with Gasteiger partial charge in [-0.25, -0.2) is 9.97 Å². The van der Waals surface area contributed by atoms with Gasteiger partial charge in [0.2, 0.25) is 0 Å². The highest BCUT2D eigenvalue weighted by Crippen LogP contribution is 2.58. The molecule has 56 heavy (non-hydrogen) atoms. The van der Waals surface area contributed by atoms with Crippen LogP contribution in [0.3, 0.4) is 0 Å². The van der Waals surface area contributed by atoms with Crippen molar-refractivity contribution in [3.63, 3.8) is 0 Å². The summed E-state index contributed by atoms with van der Waals surface area (Å²) in [5.41, 5.74) is 14.0. The number of thiophene rings is 1. The largest absolute Gasteiger partial charge is 0.228 e. The van der Waals surface area contributed by atoms with E-state index < -0.39 is 5.41 Å². The Kier molecular flexibility index (Phi) is 7.61. The molecule has 0 radical (unpaired) electrons. The molecule has 0 N–H and O–H groups in total. The summed E-state index contributed by atoms with van der Waals surface area (Å²) in [7, 11) is 0. The lowest BCUT2D eigenvalue weighted by Gasteiger charge is -2.34. The zero-order chi connectivity index (χ0) is 37.1. The predicted molar refractivity (Wildman–Crippen MR) is 234 cm³/mol. The average Bonchev–Trinajstić information content (AvgIpc) is 3.80. The van der Waals surface area contributed by atoms with Crippen LogP contribution in [-0.2, 0) is 5.41 Å². The molecule has 3 heteroatoms. The zero-order valence-corrected chi connectivity index (χ0v) is 31.2. The molecule has 262 valence electrons. The minimum Gasteiger partial charge on any atom is -0.228 e. The van der Waals surface area contributed by atoms with Gasteiger partial charge in [0.15, 0.2) is 5.82 Å². The lowest BCUT2D eigenvalue weighted by Crippen LogP contribution is -2.28. The van der Waals surface area contributed by atoms with Gasteiger partial charge in [0.05, 0.1) is 16.8 Å². The molecule has 0 saturated carbocycles. The third-order valence-corrected chi connectivity index (χ3v) is 12.5. The Morgan fingerprint density at radius 3 is 1.55 bits per heavy atom. The first-order valence-corrected chi connectivity index (χ1v) is 19.9. The lowest BCUT2D eigenvalue weighted by molar-refractivity contribution is 0.768.